The predicted molar refractivity (Wildman–Crippen MR) is 119 cm³/mol. The Labute approximate surface area is 181 Å². The average molecular weight is 432 g/mol. The normalized spacial score (nSPS) is 13.3. The number of hydrogen-bond donors (Lipinski definition) is 1. The zero-order valence-electron chi connectivity index (χ0n) is 16.7. The summed E-state index contributed by atoms with van der Waals surface area (Å²) in [4.78, 5) is 17.5. The molecule has 154 valence electrons. The average Bonchev–Trinajstić information content (AvgIpc) is 3.44. The molecule has 0 amide bonds. The van der Waals surface area contributed by atoms with Gasteiger partial charge in [-0.15, -0.1) is 22.6 Å². The molecule has 3 heterocycles. The van der Waals surface area contributed by atoms with E-state index in [1.54, 1.807) is 11.8 Å². The second-order valence-corrected chi connectivity index (χ2v) is 8.18. The summed E-state index contributed by atoms with van der Waals surface area (Å²) >= 11 is 1.75. The van der Waals surface area contributed by atoms with Crippen LogP contribution in [0.15, 0.2) is 41.7 Å². The van der Waals surface area contributed by atoms with Crippen LogP contribution in [0.2, 0.25) is 0 Å². The van der Waals surface area contributed by atoms with E-state index in [2.05, 4.69) is 32.2 Å². The van der Waals surface area contributed by atoms with E-state index in [1.807, 2.05) is 42.9 Å². The van der Waals surface area contributed by atoms with Crippen LogP contribution in [-0.2, 0) is 20.1 Å². The molecule has 2 aromatic heterocycles. The number of hydrogen-bond acceptors (Lipinski definition) is 5. The number of nitrogens with zero attached hydrogens (tertiary/aromatic N) is 4. The molecule has 0 bridgehead atoms. The second-order valence-electron chi connectivity index (χ2n) is 7.12. The van der Waals surface area contributed by atoms with Crippen LogP contribution in [0.5, 0.6) is 0 Å². The Balaban J connectivity index is 0.00000240. The maximum Gasteiger partial charge on any atom is 0.191 e. The summed E-state index contributed by atoms with van der Waals surface area (Å²) in [5.41, 5.74) is 4.48. The Bertz CT molecular complexity index is 970. The van der Waals surface area contributed by atoms with Crippen molar-refractivity contribution < 1.29 is 4.79 Å². The van der Waals surface area contributed by atoms with Gasteiger partial charge in [-0.25, -0.2) is 0 Å². The molecule has 3 aromatic rings. The van der Waals surface area contributed by atoms with Crippen LogP contribution in [0.25, 0.3) is 11.5 Å². The molecule has 0 radical (unpaired) electrons. The van der Waals surface area contributed by atoms with Gasteiger partial charge in [0.2, 0.25) is 0 Å². The summed E-state index contributed by atoms with van der Waals surface area (Å²) in [7, 11) is 2.00. The van der Waals surface area contributed by atoms with E-state index >= 15 is 0 Å². The first-order valence-electron chi connectivity index (χ1n) is 9.69. The maximum absolute atomic E-state index is 11.9. The van der Waals surface area contributed by atoms with Gasteiger partial charge in [0.25, 0.3) is 0 Å². The quantitative estimate of drug-likeness (QED) is 0.327. The summed E-state index contributed by atoms with van der Waals surface area (Å²) in [6.07, 6.45) is 3.55. The molecular formula is C21H26ClN5OS. The lowest BCUT2D eigenvalue weighted by Crippen LogP contribution is -2.18. The fourth-order valence-corrected chi connectivity index (χ4v) is 4.43. The van der Waals surface area contributed by atoms with Gasteiger partial charge < -0.3 is 9.55 Å². The minimum Gasteiger partial charge on any atom is -0.359 e. The van der Waals surface area contributed by atoms with Gasteiger partial charge in [0.15, 0.2) is 16.8 Å². The lowest BCUT2D eigenvalue weighted by Gasteiger charge is -2.14. The molecule has 0 spiro atoms. The predicted octanol–water partition coefficient (Wildman–Crippen LogP) is 4.32. The van der Waals surface area contributed by atoms with Gasteiger partial charge in [0, 0.05) is 44.1 Å². The van der Waals surface area contributed by atoms with Crippen molar-refractivity contribution in [3.05, 3.63) is 53.2 Å². The number of Topliss-reactive ketones (excluding diaryl/α,β-unsaturated/α-hetero) is 1. The van der Waals surface area contributed by atoms with E-state index in [4.69, 9.17) is 0 Å². The smallest absolute Gasteiger partial charge is 0.191 e. The van der Waals surface area contributed by atoms with Crippen LogP contribution >= 0.6 is 24.2 Å². The SMILES string of the molecule is CCC(=O)c1ccc2c(c1)CN(CCCSc1nnc(-c3ccc[nH]3)n1C)C2.Cl. The zero-order valence-corrected chi connectivity index (χ0v) is 18.4. The van der Waals surface area contributed by atoms with Crippen molar-refractivity contribution in [2.24, 2.45) is 7.05 Å². The van der Waals surface area contributed by atoms with Gasteiger partial charge in [-0.3, -0.25) is 9.69 Å². The summed E-state index contributed by atoms with van der Waals surface area (Å²) in [5, 5.41) is 9.55. The number of thioether (sulfide) groups is 1. The number of rotatable bonds is 8. The Morgan fingerprint density at radius 2 is 2.03 bits per heavy atom. The summed E-state index contributed by atoms with van der Waals surface area (Å²) in [6, 6.07) is 10.1. The fraction of sp³-hybridized carbons (Fsp3) is 0.381. The fourth-order valence-electron chi connectivity index (χ4n) is 3.60. The molecule has 4 rings (SSSR count). The number of carbonyl (C=O) groups excluding carboxylic acids is 1. The van der Waals surface area contributed by atoms with Crippen LogP contribution in [0.3, 0.4) is 0 Å². The van der Waals surface area contributed by atoms with Crippen molar-refractivity contribution in [3.63, 3.8) is 0 Å². The summed E-state index contributed by atoms with van der Waals surface area (Å²) in [5.74, 6) is 2.09. The van der Waals surface area contributed by atoms with Crippen molar-refractivity contribution in [1.82, 2.24) is 24.6 Å². The highest BCUT2D eigenvalue weighted by Gasteiger charge is 2.20. The minimum absolute atomic E-state index is 0. The van der Waals surface area contributed by atoms with Gasteiger partial charge in [-0.05, 0) is 42.3 Å². The first-order chi connectivity index (χ1) is 13.7. The highest BCUT2D eigenvalue weighted by Crippen LogP contribution is 2.26. The standard InChI is InChI=1S/C21H25N5OS.ClH/c1-3-19(27)15-7-8-16-13-26(14-17(16)12-15)10-5-11-28-21-24-23-20(25(21)2)18-6-4-9-22-18;/h4,6-9,12,22H,3,5,10-11,13-14H2,1-2H3;1H. The molecule has 29 heavy (non-hydrogen) atoms. The molecule has 8 heteroatoms. The van der Waals surface area contributed by atoms with Crippen LogP contribution in [0, 0.1) is 0 Å². The van der Waals surface area contributed by atoms with Crippen LogP contribution in [-0.4, -0.2) is 42.7 Å². The lowest BCUT2D eigenvalue weighted by molar-refractivity contribution is 0.0988. The van der Waals surface area contributed by atoms with Crippen molar-refractivity contribution in [1.29, 1.82) is 0 Å². The van der Waals surface area contributed by atoms with Gasteiger partial charge >= 0.3 is 0 Å². The number of nitrogens with one attached hydrogen (secondary N) is 1. The first kappa shape index (κ1) is 21.6. The summed E-state index contributed by atoms with van der Waals surface area (Å²) < 4.78 is 2.04. The Kier molecular flexibility index (Phi) is 7.16. The first-order valence-corrected chi connectivity index (χ1v) is 10.7. The van der Waals surface area contributed by atoms with Crippen molar-refractivity contribution >= 4 is 30.0 Å². The minimum atomic E-state index is 0. The third-order valence-electron chi connectivity index (χ3n) is 5.16. The molecule has 0 unspecified atom stereocenters. The van der Waals surface area contributed by atoms with Crippen molar-refractivity contribution in [2.45, 2.75) is 38.0 Å². The largest absolute Gasteiger partial charge is 0.359 e. The Morgan fingerprint density at radius 3 is 2.79 bits per heavy atom. The van der Waals surface area contributed by atoms with E-state index in [0.717, 1.165) is 54.0 Å². The molecule has 1 aliphatic rings. The monoisotopic (exact) mass is 431 g/mol. The van der Waals surface area contributed by atoms with Crippen molar-refractivity contribution in [2.75, 3.05) is 12.3 Å². The summed E-state index contributed by atoms with van der Waals surface area (Å²) in [6.45, 7) is 4.87. The molecule has 1 aliphatic heterocycles. The second kappa shape index (κ2) is 9.61. The molecule has 0 atom stereocenters. The lowest BCUT2D eigenvalue weighted by atomic mass is 10.0. The number of benzene rings is 1. The van der Waals surface area contributed by atoms with Crippen LogP contribution in [0.4, 0.5) is 0 Å². The van der Waals surface area contributed by atoms with Gasteiger partial charge in [-0.2, -0.15) is 0 Å². The van der Waals surface area contributed by atoms with Crippen LogP contribution < -0.4 is 0 Å². The van der Waals surface area contributed by atoms with E-state index in [9.17, 15) is 4.79 Å². The Hall–Kier alpha value is -2.09. The molecule has 0 aliphatic carbocycles. The van der Waals surface area contributed by atoms with E-state index in [1.165, 1.54) is 11.1 Å². The topological polar surface area (TPSA) is 66.8 Å². The third kappa shape index (κ3) is 4.74. The van der Waals surface area contributed by atoms with E-state index < -0.39 is 0 Å². The number of carbonyl (C=O) groups is 1. The van der Waals surface area contributed by atoms with E-state index in [-0.39, 0.29) is 18.2 Å². The molecule has 6 nitrogen and oxygen atoms in total. The van der Waals surface area contributed by atoms with Crippen LogP contribution in [0.1, 0.15) is 41.3 Å². The van der Waals surface area contributed by atoms with Gasteiger partial charge in [-0.1, -0.05) is 30.8 Å². The number of aromatic nitrogens is 4. The number of ketones is 1. The number of fused-ring (bicyclic) bond motifs is 1. The highest BCUT2D eigenvalue weighted by atomic mass is 35.5. The van der Waals surface area contributed by atoms with Gasteiger partial charge in [0.05, 0.1) is 5.69 Å². The zero-order chi connectivity index (χ0) is 19.5. The third-order valence-corrected chi connectivity index (χ3v) is 6.27. The van der Waals surface area contributed by atoms with Gasteiger partial charge in [0.1, 0.15) is 0 Å². The molecule has 1 aromatic carbocycles. The molecule has 0 fully saturated rings. The molecular weight excluding hydrogens is 406 g/mol. The Morgan fingerprint density at radius 1 is 1.21 bits per heavy atom. The number of halogens is 1. The van der Waals surface area contributed by atoms with E-state index in [0.29, 0.717) is 6.42 Å². The molecule has 0 saturated heterocycles. The maximum atomic E-state index is 11.9. The number of H-pyrrole nitrogens is 1. The molecule has 1 N–H and O–H groups in total. The molecule has 0 saturated carbocycles. The number of aromatic amines is 1. The highest BCUT2D eigenvalue weighted by molar-refractivity contribution is 7.99. The van der Waals surface area contributed by atoms with Crippen molar-refractivity contribution in [3.8, 4) is 11.5 Å².